The van der Waals surface area contributed by atoms with Gasteiger partial charge in [0.1, 0.15) is 0 Å². The van der Waals surface area contributed by atoms with E-state index in [1.165, 1.54) is 38.0 Å². The van der Waals surface area contributed by atoms with Crippen molar-refractivity contribution in [2.24, 2.45) is 0 Å². The van der Waals surface area contributed by atoms with Crippen molar-refractivity contribution in [2.45, 2.75) is 25.7 Å². The summed E-state index contributed by atoms with van der Waals surface area (Å²) in [6.07, 6.45) is 4.89. The summed E-state index contributed by atoms with van der Waals surface area (Å²) in [6.45, 7) is 5.73. The first-order valence-corrected chi connectivity index (χ1v) is 7.57. The van der Waals surface area contributed by atoms with E-state index in [-0.39, 0.29) is 0 Å². The number of rotatable bonds is 5. The maximum Gasteiger partial charge on any atom is 0.335 e. The van der Waals surface area contributed by atoms with Crippen LogP contribution < -0.4 is 4.90 Å². The van der Waals surface area contributed by atoms with E-state index in [0.717, 1.165) is 31.6 Å². The van der Waals surface area contributed by atoms with Crippen molar-refractivity contribution in [1.29, 1.82) is 0 Å². The second kappa shape index (κ2) is 5.83. The van der Waals surface area contributed by atoms with Gasteiger partial charge in [0.25, 0.3) is 0 Å². The molecule has 4 heteroatoms. The minimum absolute atomic E-state index is 0.398. The second-order valence-electron chi connectivity index (χ2n) is 5.79. The van der Waals surface area contributed by atoms with Crippen LogP contribution >= 0.6 is 0 Å². The zero-order chi connectivity index (χ0) is 13.9. The Kier molecular flexibility index (Phi) is 3.92. The highest BCUT2D eigenvalue weighted by molar-refractivity contribution is 5.89. The van der Waals surface area contributed by atoms with Gasteiger partial charge in [-0.1, -0.05) is 6.07 Å². The fourth-order valence-electron chi connectivity index (χ4n) is 3.30. The van der Waals surface area contributed by atoms with Crippen molar-refractivity contribution in [2.75, 3.05) is 37.6 Å². The van der Waals surface area contributed by atoms with Gasteiger partial charge in [0.05, 0.1) is 5.56 Å². The molecule has 3 rings (SSSR count). The molecule has 0 unspecified atom stereocenters. The zero-order valence-electron chi connectivity index (χ0n) is 11.8. The monoisotopic (exact) mass is 274 g/mol. The molecule has 2 aliphatic rings. The lowest BCUT2D eigenvalue weighted by atomic mass is 10.1. The summed E-state index contributed by atoms with van der Waals surface area (Å²) in [5.74, 6) is -0.836. The van der Waals surface area contributed by atoms with Crippen LogP contribution in [0.25, 0.3) is 0 Å². The van der Waals surface area contributed by atoms with Crippen LogP contribution in [0.3, 0.4) is 0 Å². The fraction of sp³-hybridized carbons (Fsp3) is 0.562. The number of aromatic carboxylic acids is 1. The van der Waals surface area contributed by atoms with Crippen molar-refractivity contribution < 1.29 is 9.90 Å². The quantitative estimate of drug-likeness (QED) is 0.894. The standard InChI is InChI=1S/C16H22N2O2/c19-16(20)14-5-4-13-6-11-18(15(13)12-14)10-3-9-17-7-1-2-8-17/h4-5,12H,1-3,6-11H2,(H,19,20). The number of likely N-dealkylation sites (tertiary alicyclic amines) is 1. The summed E-state index contributed by atoms with van der Waals surface area (Å²) < 4.78 is 0. The van der Waals surface area contributed by atoms with Crippen LogP contribution in [0.4, 0.5) is 5.69 Å². The number of carbonyl (C=O) groups is 1. The van der Waals surface area contributed by atoms with E-state index in [1.54, 1.807) is 6.07 Å². The van der Waals surface area contributed by atoms with Crippen LogP contribution in [0, 0.1) is 0 Å². The summed E-state index contributed by atoms with van der Waals surface area (Å²) in [5, 5.41) is 9.10. The van der Waals surface area contributed by atoms with Crippen molar-refractivity contribution in [3.63, 3.8) is 0 Å². The third-order valence-corrected chi connectivity index (χ3v) is 4.43. The number of hydrogen-bond donors (Lipinski definition) is 1. The minimum Gasteiger partial charge on any atom is -0.478 e. The van der Waals surface area contributed by atoms with Gasteiger partial charge in [0.15, 0.2) is 0 Å². The first-order chi connectivity index (χ1) is 9.74. The summed E-state index contributed by atoms with van der Waals surface area (Å²) >= 11 is 0. The van der Waals surface area contributed by atoms with E-state index in [2.05, 4.69) is 9.80 Å². The Morgan fingerprint density at radius 2 is 1.95 bits per heavy atom. The lowest BCUT2D eigenvalue weighted by Crippen LogP contribution is -2.27. The minimum atomic E-state index is -0.836. The van der Waals surface area contributed by atoms with Gasteiger partial charge in [0, 0.05) is 18.8 Å². The number of benzene rings is 1. The van der Waals surface area contributed by atoms with Gasteiger partial charge < -0.3 is 14.9 Å². The normalized spacial score (nSPS) is 18.5. The van der Waals surface area contributed by atoms with Crippen LogP contribution in [0.2, 0.25) is 0 Å². The van der Waals surface area contributed by atoms with Crippen molar-refractivity contribution in [3.05, 3.63) is 29.3 Å². The fourth-order valence-corrected chi connectivity index (χ4v) is 3.30. The number of carboxylic acid groups (broad SMARTS) is 1. The highest BCUT2D eigenvalue weighted by atomic mass is 16.4. The molecule has 20 heavy (non-hydrogen) atoms. The molecule has 1 N–H and O–H groups in total. The van der Waals surface area contributed by atoms with Crippen LogP contribution in [0.5, 0.6) is 0 Å². The number of carboxylic acids is 1. The third kappa shape index (κ3) is 2.80. The number of anilines is 1. The zero-order valence-corrected chi connectivity index (χ0v) is 11.8. The Balaban J connectivity index is 1.59. The average Bonchev–Trinajstić information content (AvgIpc) is 3.08. The van der Waals surface area contributed by atoms with Crippen LogP contribution in [0.15, 0.2) is 18.2 Å². The molecular formula is C16H22N2O2. The Morgan fingerprint density at radius 1 is 1.15 bits per heavy atom. The molecule has 2 heterocycles. The molecule has 0 spiro atoms. The second-order valence-corrected chi connectivity index (χ2v) is 5.79. The molecule has 0 aromatic heterocycles. The Morgan fingerprint density at radius 3 is 2.70 bits per heavy atom. The lowest BCUT2D eigenvalue weighted by molar-refractivity contribution is 0.0697. The largest absolute Gasteiger partial charge is 0.478 e. The van der Waals surface area contributed by atoms with E-state index >= 15 is 0 Å². The summed E-state index contributed by atoms with van der Waals surface area (Å²) in [6, 6.07) is 5.52. The molecule has 0 radical (unpaired) electrons. The van der Waals surface area contributed by atoms with E-state index < -0.39 is 5.97 Å². The molecule has 2 aliphatic heterocycles. The van der Waals surface area contributed by atoms with Crippen molar-refractivity contribution in [3.8, 4) is 0 Å². The molecule has 0 saturated carbocycles. The third-order valence-electron chi connectivity index (χ3n) is 4.43. The summed E-state index contributed by atoms with van der Waals surface area (Å²) in [4.78, 5) is 15.9. The smallest absolute Gasteiger partial charge is 0.335 e. The van der Waals surface area contributed by atoms with Crippen LogP contribution in [-0.4, -0.2) is 48.7 Å². The summed E-state index contributed by atoms with van der Waals surface area (Å²) in [7, 11) is 0. The molecule has 0 atom stereocenters. The number of hydrogen-bond acceptors (Lipinski definition) is 3. The van der Waals surface area contributed by atoms with Crippen molar-refractivity contribution >= 4 is 11.7 Å². The predicted octanol–water partition coefficient (Wildman–Crippen LogP) is 2.23. The van der Waals surface area contributed by atoms with Gasteiger partial charge in [-0.2, -0.15) is 0 Å². The lowest BCUT2D eigenvalue weighted by Gasteiger charge is -2.21. The van der Waals surface area contributed by atoms with Crippen LogP contribution in [-0.2, 0) is 6.42 Å². The highest BCUT2D eigenvalue weighted by Crippen LogP contribution is 2.29. The molecule has 1 aromatic carbocycles. The van der Waals surface area contributed by atoms with E-state index in [9.17, 15) is 4.79 Å². The molecular weight excluding hydrogens is 252 g/mol. The molecule has 4 nitrogen and oxygen atoms in total. The van der Waals surface area contributed by atoms with Gasteiger partial charge in [-0.25, -0.2) is 4.79 Å². The molecule has 1 fully saturated rings. The van der Waals surface area contributed by atoms with Gasteiger partial charge >= 0.3 is 5.97 Å². The number of fused-ring (bicyclic) bond motifs is 1. The maximum absolute atomic E-state index is 11.1. The topological polar surface area (TPSA) is 43.8 Å². The highest BCUT2D eigenvalue weighted by Gasteiger charge is 2.20. The number of nitrogens with zero attached hydrogens (tertiary/aromatic N) is 2. The van der Waals surface area contributed by atoms with Crippen molar-refractivity contribution in [1.82, 2.24) is 4.90 Å². The van der Waals surface area contributed by atoms with Gasteiger partial charge in [0.2, 0.25) is 0 Å². The predicted molar refractivity (Wildman–Crippen MR) is 79.6 cm³/mol. The SMILES string of the molecule is O=C(O)c1ccc2c(c1)N(CCCN1CCCC1)CC2. The molecule has 0 aliphatic carbocycles. The van der Waals surface area contributed by atoms with Gasteiger partial charge in [-0.15, -0.1) is 0 Å². The first kappa shape index (κ1) is 13.4. The molecule has 0 amide bonds. The van der Waals surface area contributed by atoms with Crippen LogP contribution in [0.1, 0.15) is 35.2 Å². The molecule has 0 bridgehead atoms. The summed E-state index contributed by atoms with van der Waals surface area (Å²) in [5.41, 5.74) is 2.82. The first-order valence-electron chi connectivity index (χ1n) is 7.57. The van der Waals surface area contributed by atoms with Gasteiger partial charge in [-0.05, 0) is 63.0 Å². The molecule has 1 saturated heterocycles. The van der Waals surface area contributed by atoms with E-state index in [4.69, 9.17) is 5.11 Å². The van der Waals surface area contributed by atoms with Gasteiger partial charge in [-0.3, -0.25) is 0 Å². The Labute approximate surface area is 120 Å². The molecule has 1 aromatic rings. The molecule has 108 valence electrons. The van der Waals surface area contributed by atoms with E-state index in [0.29, 0.717) is 5.56 Å². The average molecular weight is 274 g/mol. The van der Waals surface area contributed by atoms with E-state index in [1.807, 2.05) is 12.1 Å². The maximum atomic E-state index is 11.1. The Hall–Kier alpha value is -1.55. The Bertz CT molecular complexity index is 495.